The molecule has 33 heavy (non-hydrogen) atoms. The lowest BCUT2D eigenvalue weighted by atomic mass is 9.98. The van der Waals surface area contributed by atoms with E-state index in [2.05, 4.69) is 26.5 Å². The topological polar surface area (TPSA) is 80.6 Å². The maximum absolute atomic E-state index is 14.9. The maximum Gasteiger partial charge on any atom is 0.238 e. The molecular formula is C25H34FN5O2. The highest BCUT2D eigenvalue weighted by Crippen LogP contribution is 2.35. The zero-order valence-electron chi connectivity index (χ0n) is 19.1. The molecule has 1 aliphatic carbocycles. The molecule has 1 unspecified atom stereocenters. The van der Waals surface area contributed by atoms with E-state index in [-0.39, 0.29) is 24.2 Å². The van der Waals surface area contributed by atoms with Crippen LogP contribution >= 0.6 is 0 Å². The normalized spacial score (nSPS) is 29.1. The van der Waals surface area contributed by atoms with E-state index in [4.69, 9.17) is 4.74 Å². The van der Waals surface area contributed by atoms with Crippen molar-refractivity contribution in [1.29, 1.82) is 5.26 Å². The quantitative estimate of drug-likeness (QED) is 0.681. The number of carbonyl (C=O) groups excluding carboxylic acids is 1. The Kier molecular flexibility index (Phi) is 6.81. The number of nitriles is 1. The largest absolute Gasteiger partial charge is 0.379 e. The molecule has 7 nitrogen and oxygen atoms in total. The number of hydrogen-bond donors (Lipinski definition) is 2. The molecule has 3 aliphatic heterocycles. The van der Waals surface area contributed by atoms with Crippen LogP contribution in [0.5, 0.6) is 0 Å². The summed E-state index contributed by atoms with van der Waals surface area (Å²) in [6.07, 6.45) is 5.54. The minimum atomic E-state index is -0.733. The number of carbonyl (C=O) groups is 1. The van der Waals surface area contributed by atoms with Crippen LogP contribution in [0.3, 0.4) is 0 Å². The first-order valence-corrected chi connectivity index (χ1v) is 12.4. The molecule has 1 aromatic rings. The SMILES string of the molecule is N#C[C@H](Cc1ccc(N2CCC(N3CCOCC3)CC2)cc1F)NC(=O)C1N[C@@H]2CC[C@H]1C2. The number of benzene rings is 1. The van der Waals surface area contributed by atoms with Gasteiger partial charge >= 0.3 is 0 Å². The van der Waals surface area contributed by atoms with Gasteiger partial charge in [0.05, 0.1) is 25.3 Å². The predicted molar refractivity (Wildman–Crippen MR) is 123 cm³/mol. The van der Waals surface area contributed by atoms with E-state index in [1.807, 2.05) is 6.07 Å². The van der Waals surface area contributed by atoms with Crippen molar-refractivity contribution < 1.29 is 13.9 Å². The summed E-state index contributed by atoms with van der Waals surface area (Å²) >= 11 is 0. The highest BCUT2D eigenvalue weighted by Gasteiger charge is 2.43. The first-order chi connectivity index (χ1) is 16.1. The third kappa shape index (κ3) is 5.01. The summed E-state index contributed by atoms with van der Waals surface area (Å²) in [5.74, 6) is -0.0815. The van der Waals surface area contributed by atoms with Gasteiger partial charge in [-0.3, -0.25) is 9.69 Å². The van der Waals surface area contributed by atoms with Gasteiger partial charge in [-0.05, 0) is 55.7 Å². The van der Waals surface area contributed by atoms with Crippen LogP contribution < -0.4 is 15.5 Å². The maximum atomic E-state index is 14.9. The lowest BCUT2D eigenvalue weighted by molar-refractivity contribution is -0.124. The second-order valence-corrected chi connectivity index (χ2v) is 9.95. The third-order valence-electron chi connectivity index (χ3n) is 7.97. The molecule has 2 bridgehead atoms. The number of ether oxygens (including phenoxy) is 1. The lowest BCUT2D eigenvalue weighted by Crippen LogP contribution is -2.50. The number of halogens is 1. The molecule has 4 aliphatic rings. The van der Waals surface area contributed by atoms with Gasteiger partial charge in [-0.15, -0.1) is 0 Å². The Labute approximate surface area is 195 Å². The molecule has 1 saturated carbocycles. The molecular weight excluding hydrogens is 421 g/mol. The Morgan fingerprint density at radius 2 is 2.00 bits per heavy atom. The van der Waals surface area contributed by atoms with Crippen molar-refractivity contribution in [2.24, 2.45) is 5.92 Å². The van der Waals surface area contributed by atoms with Gasteiger partial charge in [0, 0.05) is 50.4 Å². The van der Waals surface area contributed by atoms with E-state index in [1.165, 1.54) is 0 Å². The van der Waals surface area contributed by atoms with Crippen LogP contribution in [0.2, 0.25) is 0 Å². The van der Waals surface area contributed by atoms with E-state index in [0.717, 1.165) is 77.2 Å². The van der Waals surface area contributed by atoms with E-state index in [9.17, 15) is 14.4 Å². The minimum Gasteiger partial charge on any atom is -0.379 e. The predicted octanol–water partition coefficient (Wildman–Crippen LogP) is 1.82. The van der Waals surface area contributed by atoms with Gasteiger partial charge in [0.25, 0.3) is 0 Å². The molecule has 4 atom stereocenters. The second kappa shape index (κ2) is 9.96. The van der Waals surface area contributed by atoms with E-state index in [1.54, 1.807) is 12.1 Å². The average Bonchev–Trinajstić information content (AvgIpc) is 3.49. The zero-order chi connectivity index (χ0) is 22.8. The number of rotatable bonds is 6. The standard InChI is InChI=1S/C25H34FN5O2/c26-23-15-22(30-7-5-21(6-8-30)31-9-11-33-12-10-31)4-2-17(23)13-20(16-27)29-25(32)24-18-1-3-19(14-18)28-24/h2,4,15,18-21,24,28H,1,3,5-14H2,(H,29,32)/t18-,19+,20-,24?/m0/s1. The fourth-order valence-corrected chi connectivity index (χ4v) is 6.09. The van der Waals surface area contributed by atoms with Crippen molar-refractivity contribution in [3.8, 4) is 6.07 Å². The van der Waals surface area contributed by atoms with Crippen LogP contribution in [0.1, 0.15) is 37.7 Å². The Morgan fingerprint density at radius 3 is 2.64 bits per heavy atom. The van der Waals surface area contributed by atoms with Crippen LogP contribution in [-0.2, 0) is 16.0 Å². The number of amides is 1. The molecule has 8 heteroatoms. The highest BCUT2D eigenvalue weighted by molar-refractivity contribution is 5.83. The van der Waals surface area contributed by atoms with Crippen molar-refractivity contribution >= 4 is 11.6 Å². The molecule has 3 heterocycles. The molecule has 4 fully saturated rings. The van der Waals surface area contributed by atoms with Gasteiger partial charge in [0.2, 0.25) is 5.91 Å². The summed E-state index contributed by atoms with van der Waals surface area (Å²) in [5, 5.41) is 15.7. The Morgan fingerprint density at radius 1 is 1.21 bits per heavy atom. The summed E-state index contributed by atoms with van der Waals surface area (Å²) in [6, 6.07) is 7.50. The smallest absolute Gasteiger partial charge is 0.238 e. The van der Waals surface area contributed by atoms with Crippen molar-refractivity contribution in [2.75, 3.05) is 44.3 Å². The first kappa shape index (κ1) is 22.6. The van der Waals surface area contributed by atoms with Gasteiger partial charge in [0.1, 0.15) is 11.9 Å². The van der Waals surface area contributed by atoms with Crippen molar-refractivity contribution in [3.05, 3.63) is 29.6 Å². The molecule has 0 spiro atoms. The lowest BCUT2D eigenvalue weighted by Gasteiger charge is -2.40. The minimum absolute atomic E-state index is 0.131. The summed E-state index contributed by atoms with van der Waals surface area (Å²) in [4.78, 5) is 17.4. The number of fused-ring (bicyclic) bond motifs is 2. The summed E-state index contributed by atoms with van der Waals surface area (Å²) in [5.41, 5.74) is 1.36. The van der Waals surface area contributed by atoms with Gasteiger partial charge in [-0.25, -0.2) is 4.39 Å². The van der Waals surface area contributed by atoms with Crippen LogP contribution in [-0.4, -0.2) is 74.4 Å². The van der Waals surface area contributed by atoms with Crippen molar-refractivity contribution in [2.45, 2.75) is 62.7 Å². The second-order valence-electron chi connectivity index (χ2n) is 9.95. The Hall–Kier alpha value is -2.21. The van der Waals surface area contributed by atoms with E-state index < -0.39 is 6.04 Å². The molecule has 0 radical (unpaired) electrons. The Bertz CT molecular complexity index is 891. The summed E-state index contributed by atoms with van der Waals surface area (Å²) in [7, 11) is 0. The first-order valence-electron chi connectivity index (χ1n) is 12.4. The van der Waals surface area contributed by atoms with Crippen LogP contribution in [0, 0.1) is 23.1 Å². The van der Waals surface area contributed by atoms with Gasteiger partial charge in [-0.2, -0.15) is 5.26 Å². The Balaban J connectivity index is 1.15. The van der Waals surface area contributed by atoms with E-state index >= 15 is 0 Å². The summed E-state index contributed by atoms with van der Waals surface area (Å²) < 4.78 is 20.4. The van der Waals surface area contributed by atoms with Crippen molar-refractivity contribution in [1.82, 2.24) is 15.5 Å². The fourth-order valence-electron chi connectivity index (χ4n) is 6.09. The van der Waals surface area contributed by atoms with Crippen LogP contribution in [0.15, 0.2) is 18.2 Å². The van der Waals surface area contributed by atoms with Gasteiger partial charge in [0.15, 0.2) is 0 Å². The van der Waals surface area contributed by atoms with Gasteiger partial charge < -0.3 is 20.3 Å². The van der Waals surface area contributed by atoms with Crippen molar-refractivity contribution in [3.63, 3.8) is 0 Å². The number of hydrogen-bond acceptors (Lipinski definition) is 6. The number of piperidine rings is 2. The number of nitrogens with zero attached hydrogens (tertiary/aromatic N) is 3. The average molecular weight is 456 g/mol. The molecule has 5 rings (SSSR count). The van der Waals surface area contributed by atoms with Crippen LogP contribution in [0.4, 0.5) is 10.1 Å². The molecule has 2 N–H and O–H groups in total. The number of morpholine rings is 1. The zero-order valence-corrected chi connectivity index (χ0v) is 19.1. The molecule has 178 valence electrons. The van der Waals surface area contributed by atoms with Crippen LogP contribution in [0.25, 0.3) is 0 Å². The molecule has 1 aromatic carbocycles. The summed E-state index contributed by atoms with van der Waals surface area (Å²) in [6.45, 7) is 5.46. The number of nitrogens with one attached hydrogen (secondary N) is 2. The molecule has 1 amide bonds. The third-order valence-corrected chi connectivity index (χ3v) is 7.97. The number of anilines is 1. The molecule has 3 saturated heterocycles. The molecule has 0 aromatic heterocycles. The van der Waals surface area contributed by atoms with E-state index in [0.29, 0.717) is 23.6 Å². The fraction of sp³-hybridized carbons (Fsp3) is 0.680. The monoisotopic (exact) mass is 455 g/mol. The highest BCUT2D eigenvalue weighted by atomic mass is 19.1. The van der Waals surface area contributed by atoms with Gasteiger partial charge in [-0.1, -0.05) is 6.07 Å².